The van der Waals surface area contributed by atoms with Crippen molar-refractivity contribution in [3.63, 3.8) is 0 Å². The van der Waals surface area contributed by atoms with Crippen LogP contribution in [0.15, 0.2) is 0 Å². The van der Waals surface area contributed by atoms with Crippen molar-refractivity contribution in [2.75, 3.05) is 26.4 Å². The summed E-state index contributed by atoms with van der Waals surface area (Å²) in [7, 11) is -1.26. The first-order valence-corrected chi connectivity index (χ1v) is 16.9. The van der Waals surface area contributed by atoms with Gasteiger partial charge in [-0.05, 0) is 57.4 Å². The van der Waals surface area contributed by atoms with Gasteiger partial charge in [-0.3, -0.25) is 4.79 Å². The van der Waals surface area contributed by atoms with Crippen LogP contribution in [0.1, 0.15) is 64.7 Å². The molecule has 2 N–H and O–H groups in total. The fourth-order valence-corrected chi connectivity index (χ4v) is 5.94. The number of imide groups is 1. The largest absolute Gasteiger partial charge is 0.361 e. The number of nitrogens with zero attached hydrogens (tertiary/aromatic N) is 3. The van der Waals surface area contributed by atoms with Crippen molar-refractivity contribution >= 4 is 26.0 Å². The summed E-state index contributed by atoms with van der Waals surface area (Å²) < 4.78 is 5.75. The van der Waals surface area contributed by atoms with Crippen LogP contribution < -0.4 is 10.6 Å². The van der Waals surface area contributed by atoms with E-state index in [1.807, 2.05) is 0 Å². The normalized spacial score (nSPS) is 26.0. The van der Waals surface area contributed by atoms with Gasteiger partial charge in [0.1, 0.15) is 12.3 Å². The summed E-state index contributed by atoms with van der Waals surface area (Å²) in [5, 5.41) is 16.0. The highest BCUT2D eigenvalue weighted by Gasteiger charge is 2.61. The summed E-state index contributed by atoms with van der Waals surface area (Å²) in [6.45, 7) is 10.3. The fraction of sp³-hybridized carbons (Fsp3) is 0.840. The molecule has 0 bridgehead atoms. The third kappa shape index (κ3) is 6.36. The second-order valence-corrected chi connectivity index (χ2v) is 17.4. The van der Waals surface area contributed by atoms with Crippen LogP contribution in [0.2, 0.25) is 25.7 Å². The highest BCUT2D eigenvalue weighted by molar-refractivity contribution is 6.76. The molecular weight excluding hydrogens is 462 g/mol. The summed E-state index contributed by atoms with van der Waals surface area (Å²) in [6.07, 6.45) is 6.70. The summed E-state index contributed by atoms with van der Waals surface area (Å²) >= 11 is 0. The van der Waals surface area contributed by atoms with Gasteiger partial charge in [0.25, 0.3) is 5.91 Å². The number of nitrogens with one attached hydrogen (secondary N) is 2. The number of amides is 5. The van der Waals surface area contributed by atoms with Crippen LogP contribution in [0.3, 0.4) is 0 Å². The molecule has 1 aliphatic heterocycles. The Hall–Kier alpha value is -2.12. The summed E-state index contributed by atoms with van der Waals surface area (Å²) in [4.78, 5) is 41.7. The molecule has 0 aromatic heterocycles. The lowest BCUT2D eigenvalue weighted by Gasteiger charge is -2.46. The molecular formula is C25H43N5O4Si. The van der Waals surface area contributed by atoms with Gasteiger partial charge in [0.15, 0.2) is 0 Å². The van der Waals surface area contributed by atoms with Crippen LogP contribution in [-0.4, -0.2) is 73.9 Å². The van der Waals surface area contributed by atoms with Gasteiger partial charge < -0.3 is 20.3 Å². The minimum atomic E-state index is -1.26. The van der Waals surface area contributed by atoms with E-state index in [1.165, 1.54) is 4.90 Å². The zero-order valence-electron chi connectivity index (χ0n) is 22.0. The molecule has 10 heteroatoms. The van der Waals surface area contributed by atoms with Crippen LogP contribution in [0.4, 0.5) is 9.59 Å². The molecule has 0 unspecified atom stereocenters. The first kappa shape index (κ1) is 27.5. The Labute approximate surface area is 210 Å². The van der Waals surface area contributed by atoms with Gasteiger partial charge in [0.05, 0.1) is 11.5 Å². The molecule has 9 nitrogen and oxygen atoms in total. The van der Waals surface area contributed by atoms with Gasteiger partial charge in [-0.2, -0.15) is 5.26 Å². The predicted octanol–water partition coefficient (Wildman–Crippen LogP) is 4.04. The maximum atomic E-state index is 13.4. The molecule has 3 fully saturated rings. The second-order valence-electron chi connectivity index (χ2n) is 11.8. The molecule has 5 amide bonds. The maximum Gasteiger partial charge on any atom is 0.329 e. The van der Waals surface area contributed by atoms with Crippen LogP contribution in [0, 0.1) is 16.7 Å². The molecule has 1 heterocycles. The van der Waals surface area contributed by atoms with Gasteiger partial charge in [-0.25, -0.2) is 14.5 Å². The van der Waals surface area contributed by atoms with Crippen molar-refractivity contribution in [2.24, 2.45) is 5.41 Å². The molecule has 35 heavy (non-hydrogen) atoms. The Morgan fingerprint density at radius 2 is 1.89 bits per heavy atom. The van der Waals surface area contributed by atoms with Crippen molar-refractivity contribution in [1.29, 1.82) is 5.26 Å². The minimum Gasteiger partial charge on any atom is -0.361 e. The smallest absolute Gasteiger partial charge is 0.329 e. The Morgan fingerprint density at radius 3 is 2.43 bits per heavy atom. The van der Waals surface area contributed by atoms with Crippen LogP contribution >= 0.6 is 0 Å². The zero-order valence-corrected chi connectivity index (χ0v) is 23.0. The lowest BCUT2D eigenvalue weighted by Crippen LogP contribution is -2.58. The first-order valence-electron chi connectivity index (χ1n) is 13.2. The number of urea groups is 2. The number of hydrogen-bond acceptors (Lipinski definition) is 5. The summed E-state index contributed by atoms with van der Waals surface area (Å²) in [5.74, 6) is -0.172. The molecule has 0 aromatic carbocycles. The maximum absolute atomic E-state index is 13.4. The summed E-state index contributed by atoms with van der Waals surface area (Å²) in [6, 6.07) is 2.99. The second kappa shape index (κ2) is 11.3. The van der Waals surface area contributed by atoms with E-state index in [2.05, 4.69) is 43.3 Å². The molecule has 1 saturated heterocycles. The van der Waals surface area contributed by atoms with Crippen molar-refractivity contribution < 1.29 is 19.1 Å². The lowest BCUT2D eigenvalue weighted by molar-refractivity contribution is -0.140. The summed E-state index contributed by atoms with van der Waals surface area (Å²) in [5.41, 5.74) is -1.51. The van der Waals surface area contributed by atoms with E-state index in [0.29, 0.717) is 51.7 Å². The number of rotatable bonds is 11. The van der Waals surface area contributed by atoms with Crippen molar-refractivity contribution in [2.45, 2.75) is 102 Å². The Morgan fingerprint density at radius 1 is 1.20 bits per heavy atom. The Kier molecular flexibility index (Phi) is 8.86. The minimum absolute atomic E-state index is 0.0148. The first-order chi connectivity index (χ1) is 16.6. The fourth-order valence-electron chi connectivity index (χ4n) is 5.18. The molecule has 0 radical (unpaired) electrons. The van der Waals surface area contributed by atoms with Gasteiger partial charge >= 0.3 is 12.1 Å². The SMILES string of the molecule is CCCCNC(=O)NC1CCC(C#N)(CN2C(=O)N(COCC[Si](C)(C)C)C(=O)C23CCC3)CC1. The average molecular weight is 506 g/mol. The highest BCUT2D eigenvalue weighted by atomic mass is 28.3. The molecule has 2 saturated carbocycles. The van der Waals surface area contributed by atoms with E-state index in [0.717, 1.165) is 25.3 Å². The number of unbranched alkanes of at least 4 members (excludes halogenated alkanes) is 1. The Bertz CT molecular complexity index is 825. The van der Waals surface area contributed by atoms with E-state index >= 15 is 0 Å². The molecule has 1 spiro atoms. The number of ether oxygens (including phenoxy) is 1. The van der Waals surface area contributed by atoms with Crippen LogP contribution in [0.5, 0.6) is 0 Å². The van der Waals surface area contributed by atoms with Gasteiger partial charge in [0.2, 0.25) is 0 Å². The average Bonchev–Trinajstić information content (AvgIpc) is 2.98. The van der Waals surface area contributed by atoms with Crippen LogP contribution in [-0.2, 0) is 9.53 Å². The van der Waals surface area contributed by atoms with Gasteiger partial charge in [-0.15, -0.1) is 0 Å². The molecule has 0 atom stereocenters. The van der Waals surface area contributed by atoms with Crippen molar-refractivity contribution in [3.8, 4) is 6.07 Å². The number of carbonyl (C=O) groups is 3. The molecule has 196 valence electrons. The molecule has 0 aromatic rings. The predicted molar refractivity (Wildman–Crippen MR) is 136 cm³/mol. The van der Waals surface area contributed by atoms with Crippen molar-refractivity contribution in [1.82, 2.24) is 20.4 Å². The third-order valence-corrected chi connectivity index (χ3v) is 9.52. The standard InChI is InChI=1S/C25H43N5O4Si/c1-5-6-14-27-22(32)28-20-8-12-24(17-26,13-9-20)18-30-23(33)29(19-34-15-16-35(2,3)4)21(31)25(30)10-7-11-25/h20H,5-16,18-19H2,1-4H3,(H2,27,28,32). The lowest BCUT2D eigenvalue weighted by atomic mass is 9.70. The Balaban J connectivity index is 1.59. The number of hydrogen-bond donors (Lipinski definition) is 2. The van der Waals surface area contributed by atoms with Crippen molar-refractivity contribution in [3.05, 3.63) is 0 Å². The van der Waals surface area contributed by atoms with Gasteiger partial charge in [0, 0.05) is 33.8 Å². The molecule has 3 rings (SSSR count). The molecule has 2 aliphatic carbocycles. The quantitative estimate of drug-likeness (QED) is 0.250. The monoisotopic (exact) mass is 505 g/mol. The highest BCUT2D eigenvalue weighted by Crippen LogP contribution is 2.47. The third-order valence-electron chi connectivity index (χ3n) is 7.81. The topological polar surface area (TPSA) is 115 Å². The van der Waals surface area contributed by atoms with E-state index < -0.39 is 19.0 Å². The number of nitriles is 1. The van der Waals surface area contributed by atoms with E-state index in [9.17, 15) is 19.6 Å². The zero-order chi connectivity index (χ0) is 25.7. The molecule has 3 aliphatic rings. The van der Waals surface area contributed by atoms with Crippen LogP contribution in [0.25, 0.3) is 0 Å². The van der Waals surface area contributed by atoms with E-state index in [4.69, 9.17) is 4.74 Å². The van der Waals surface area contributed by atoms with Gasteiger partial charge in [-0.1, -0.05) is 33.0 Å². The number of carbonyl (C=O) groups excluding carboxylic acids is 3. The van der Waals surface area contributed by atoms with E-state index in [-0.39, 0.29) is 37.3 Å². The van der Waals surface area contributed by atoms with E-state index in [1.54, 1.807) is 4.90 Å².